The lowest BCUT2D eigenvalue weighted by atomic mass is 10.0. The molecule has 0 radical (unpaired) electrons. The fourth-order valence-electron chi connectivity index (χ4n) is 1.70. The van der Waals surface area contributed by atoms with Crippen LogP contribution in [-0.4, -0.2) is 23.9 Å². The highest BCUT2D eigenvalue weighted by Gasteiger charge is 2.22. The molecule has 0 bridgehead atoms. The molecule has 0 saturated carbocycles. The van der Waals surface area contributed by atoms with Gasteiger partial charge in [0.05, 0.1) is 29.2 Å². The number of rotatable bonds is 4. The van der Waals surface area contributed by atoms with Gasteiger partial charge in [0.15, 0.2) is 0 Å². The van der Waals surface area contributed by atoms with Crippen LogP contribution in [0.3, 0.4) is 0 Å². The Morgan fingerprint density at radius 1 is 1.42 bits per heavy atom. The highest BCUT2D eigenvalue weighted by Crippen LogP contribution is 2.26. The number of ether oxygens (including phenoxy) is 1. The zero-order valence-corrected chi connectivity index (χ0v) is 10.8. The molecule has 0 aliphatic heterocycles. The van der Waals surface area contributed by atoms with Crippen molar-refractivity contribution in [1.29, 1.82) is 0 Å². The molecule has 1 atom stereocenters. The predicted molar refractivity (Wildman–Crippen MR) is 66.7 cm³/mol. The van der Waals surface area contributed by atoms with Crippen molar-refractivity contribution in [2.45, 2.75) is 19.9 Å². The van der Waals surface area contributed by atoms with E-state index in [0.717, 1.165) is 6.07 Å². The number of benzene rings is 1. The average molecular weight is 266 g/mol. The molecule has 1 aromatic carbocycles. The third kappa shape index (κ3) is 3.51. The standard InChI is InChI=1S/C12H14N2O5/c1-7(13-8(2)15)10-5-4-9(12(16)19-3)6-11(10)14(17)18/h4-7H,1-3H3,(H,13,15)/t7-/m0/s1. The fraction of sp³-hybridized carbons (Fsp3) is 0.333. The lowest BCUT2D eigenvalue weighted by Gasteiger charge is -2.13. The van der Waals surface area contributed by atoms with E-state index in [9.17, 15) is 19.7 Å². The predicted octanol–water partition coefficient (Wildman–Crippen LogP) is 1.58. The van der Waals surface area contributed by atoms with E-state index in [4.69, 9.17) is 0 Å². The monoisotopic (exact) mass is 266 g/mol. The molecule has 0 fully saturated rings. The van der Waals surface area contributed by atoms with Crippen LogP contribution in [0.15, 0.2) is 18.2 Å². The van der Waals surface area contributed by atoms with Crippen molar-refractivity contribution in [3.8, 4) is 0 Å². The van der Waals surface area contributed by atoms with E-state index in [0.29, 0.717) is 5.56 Å². The molecule has 0 saturated heterocycles. The van der Waals surface area contributed by atoms with Crippen molar-refractivity contribution in [3.63, 3.8) is 0 Å². The lowest BCUT2D eigenvalue weighted by molar-refractivity contribution is -0.385. The van der Waals surface area contributed by atoms with E-state index in [-0.39, 0.29) is 17.2 Å². The minimum atomic E-state index is -0.651. The van der Waals surface area contributed by atoms with E-state index < -0.39 is 16.9 Å². The third-order valence-electron chi connectivity index (χ3n) is 2.53. The van der Waals surface area contributed by atoms with E-state index in [1.165, 1.54) is 26.2 Å². The molecular weight excluding hydrogens is 252 g/mol. The largest absolute Gasteiger partial charge is 0.465 e. The SMILES string of the molecule is COC(=O)c1ccc([C@H](C)NC(C)=O)c([N+](=O)[O-])c1. The number of nitro groups is 1. The van der Waals surface area contributed by atoms with Gasteiger partial charge in [-0.2, -0.15) is 0 Å². The van der Waals surface area contributed by atoms with Crippen LogP contribution in [0.5, 0.6) is 0 Å². The first-order valence-corrected chi connectivity index (χ1v) is 5.50. The molecule has 0 spiro atoms. The summed E-state index contributed by atoms with van der Waals surface area (Å²) in [4.78, 5) is 32.7. The van der Waals surface area contributed by atoms with Crippen molar-refractivity contribution >= 4 is 17.6 Å². The Bertz CT molecular complexity index is 527. The van der Waals surface area contributed by atoms with Crippen molar-refractivity contribution in [2.75, 3.05) is 7.11 Å². The second-order valence-electron chi connectivity index (χ2n) is 3.94. The quantitative estimate of drug-likeness (QED) is 0.506. The van der Waals surface area contributed by atoms with Gasteiger partial charge in [-0.3, -0.25) is 14.9 Å². The maximum atomic E-state index is 11.3. The minimum absolute atomic E-state index is 0.0907. The van der Waals surface area contributed by atoms with Gasteiger partial charge in [-0.1, -0.05) is 0 Å². The number of hydrogen-bond donors (Lipinski definition) is 1. The van der Waals surface area contributed by atoms with Gasteiger partial charge in [-0.15, -0.1) is 0 Å². The number of nitrogens with one attached hydrogen (secondary N) is 1. The Hall–Kier alpha value is -2.44. The molecule has 0 aliphatic rings. The van der Waals surface area contributed by atoms with Crippen LogP contribution in [0.4, 0.5) is 5.69 Å². The van der Waals surface area contributed by atoms with Gasteiger partial charge in [0.25, 0.3) is 5.69 Å². The number of hydrogen-bond acceptors (Lipinski definition) is 5. The van der Waals surface area contributed by atoms with E-state index >= 15 is 0 Å². The van der Waals surface area contributed by atoms with Crippen molar-refractivity contribution in [3.05, 3.63) is 39.4 Å². The Morgan fingerprint density at radius 2 is 2.05 bits per heavy atom. The molecule has 1 aromatic rings. The van der Waals surface area contributed by atoms with Crippen molar-refractivity contribution in [1.82, 2.24) is 5.32 Å². The molecule has 0 unspecified atom stereocenters. The van der Waals surface area contributed by atoms with Crippen molar-refractivity contribution in [2.24, 2.45) is 0 Å². The van der Waals surface area contributed by atoms with Crippen LogP contribution in [0.2, 0.25) is 0 Å². The van der Waals surface area contributed by atoms with Crippen LogP contribution in [0.1, 0.15) is 35.8 Å². The molecule has 19 heavy (non-hydrogen) atoms. The average Bonchev–Trinajstić information content (AvgIpc) is 2.36. The molecule has 0 aliphatic carbocycles. The topological polar surface area (TPSA) is 98.5 Å². The maximum absolute atomic E-state index is 11.3. The van der Waals surface area contributed by atoms with E-state index in [1.54, 1.807) is 6.92 Å². The van der Waals surface area contributed by atoms with Crippen LogP contribution in [0, 0.1) is 10.1 Å². The lowest BCUT2D eigenvalue weighted by Crippen LogP contribution is -2.24. The van der Waals surface area contributed by atoms with Gasteiger partial charge in [-0.25, -0.2) is 4.79 Å². The van der Waals surface area contributed by atoms with Crippen molar-refractivity contribution < 1.29 is 19.2 Å². The smallest absolute Gasteiger partial charge is 0.338 e. The number of nitro benzene ring substituents is 1. The zero-order chi connectivity index (χ0) is 14.6. The first kappa shape index (κ1) is 14.6. The summed E-state index contributed by atoms with van der Waals surface area (Å²) >= 11 is 0. The summed E-state index contributed by atoms with van der Waals surface area (Å²) in [5.74, 6) is -0.944. The molecule has 102 valence electrons. The van der Waals surface area contributed by atoms with Crippen LogP contribution < -0.4 is 5.32 Å². The molecule has 7 nitrogen and oxygen atoms in total. The summed E-state index contributed by atoms with van der Waals surface area (Å²) in [6.07, 6.45) is 0. The first-order chi connectivity index (χ1) is 8.86. The molecule has 1 amide bonds. The van der Waals surface area contributed by atoms with Gasteiger partial charge in [0, 0.05) is 13.0 Å². The number of amides is 1. The molecule has 0 heterocycles. The van der Waals surface area contributed by atoms with Gasteiger partial charge in [0.1, 0.15) is 0 Å². The second-order valence-corrected chi connectivity index (χ2v) is 3.94. The minimum Gasteiger partial charge on any atom is -0.465 e. The summed E-state index contributed by atoms with van der Waals surface area (Å²) in [6, 6.07) is 3.47. The van der Waals surface area contributed by atoms with Gasteiger partial charge in [0.2, 0.25) is 5.91 Å². The number of carbonyl (C=O) groups is 2. The van der Waals surface area contributed by atoms with Gasteiger partial charge < -0.3 is 10.1 Å². The maximum Gasteiger partial charge on any atom is 0.338 e. The van der Waals surface area contributed by atoms with Gasteiger partial charge in [-0.05, 0) is 19.1 Å². The number of methoxy groups -OCH3 is 1. The zero-order valence-electron chi connectivity index (χ0n) is 10.8. The van der Waals surface area contributed by atoms with E-state index in [2.05, 4.69) is 10.1 Å². The summed E-state index contributed by atoms with van der Waals surface area (Å²) in [5.41, 5.74) is 0.185. The Labute approximate surface area is 109 Å². The molecule has 1 rings (SSSR count). The summed E-state index contributed by atoms with van der Waals surface area (Å²) in [7, 11) is 1.20. The van der Waals surface area contributed by atoms with Crippen LogP contribution in [-0.2, 0) is 9.53 Å². The summed E-state index contributed by atoms with van der Waals surface area (Å²) in [6.45, 7) is 2.95. The second kappa shape index (κ2) is 5.94. The number of esters is 1. The van der Waals surface area contributed by atoms with Gasteiger partial charge >= 0.3 is 5.97 Å². The normalized spacial score (nSPS) is 11.5. The Balaban J connectivity index is 3.22. The summed E-state index contributed by atoms with van der Waals surface area (Å²) < 4.78 is 4.50. The molecule has 7 heteroatoms. The highest BCUT2D eigenvalue weighted by molar-refractivity contribution is 5.90. The fourth-order valence-corrected chi connectivity index (χ4v) is 1.70. The highest BCUT2D eigenvalue weighted by atomic mass is 16.6. The first-order valence-electron chi connectivity index (χ1n) is 5.50. The molecule has 0 aromatic heterocycles. The molecule has 1 N–H and O–H groups in total. The Kier molecular flexibility index (Phi) is 4.57. The number of carbonyl (C=O) groups excluding carboxylic acids is 2. The van der Waals surface area contributed by atoms with E-state index in [1.807, 2.05) is 0 Å². The Morgan fingerprint density at radius 3 is 2.53 bits per heavy atom. The molecular formula is C12H14N2O5. The van der Waals surface area contributed by atoms with Crippen LogP contribution >= 0.6 is 0 Å². The number of nitrogens with zero attached hydrogens (tertiary/aromatic N) is 1. The third-order valence-corrected chi connectivity index (χ3v) is 2.53. The summed E-state index contributed by atoms with van der Waals surface area (Å²) in [5, 5.41) is 13.6. The van der Waals surface area contributed by atoms with Crippen LogP contribution in [0.25, 0.3) is 0 Å².